The van der Waals surface area contributed by atoms with Crippen LogP contribution in [0.4, 0.5) is 11.4 Å². The lowest BCUT2D eigenvalue weighted by Crippen LogP contribution is -2.12. The van der Waals surface area contributed by atoms with E-state index in [9.17, 15) is 0 Å². The number of hydrogen-bond donors (Lipinski definition) is 2. The van der Waals surface area contributed by atoms with Crippen LogP contribution in [0.5, 0.6) is 0 Å². The molecule has 1 aliphatic carbocycles. The van der Waals surface area contributed by atoms with E-state index in [1.54, 1.807) is 0 Å². The molecule has 0 aliphatic heterocycles. The molecule has 4 nitrogen and oxygen atoms in total. The van der Waals surface area contributed by atoms with Crippen molar-refractivity contribution in [2.45, 2.75) is 57.8 Å². The maximum absolute atomic E-state index is 4.95. The van der Waals surface area contributed by atoms with E-state index in [0.717, 1.165) is 37.0 Å². The van der Waals surface area contributed by atoms with E-state index in [-0.39, 0.29) is 12.4 Å². The molecule has 1 aliphatic rings. The number of nitrogens with one attached hydrogen (secondary N) is 2. The molecule has 2 heterocycles. The van der Waals surface area contributed by atoms with Gasteiger partial charge in [-0.25, -0.2) is 0 Å². The van der Waals surface area contributed by atoms with Crippen LogP contribution in [0.1, 0.15) is 56.2 Å². The Labute approximate surface area is 209 Å². The van der Waals surface area contributed by atoms with Gasteiger partial charge in [0.15, 0.2) is 0 Å². The molecule has 0 saturated carbocycles. The molecule has 2 aromatic carbocycles. The number of unbranched alkanes of at least 4 members (excludes halogenated alkanes) is 4. The number of hydrogen-bond acceptors (Lipinski definition) is 4. The van der Waals surface area contributed by atoms with Crippen LogP contribution in [0.25, 0.3) is 21.8 Å². The summed E-state index contributed by atoms with van der Waals surface area (Å²) in [6.45, 7) is 2.06. The zero-order valence-electron chi connectivity index (χ0n) is 19.9. The Morgan fingerprint density at radius 3 is 2.21 bits per heavy atom. The zero-order chi connectivity index (χ0) is 22.3. The van der Waals surface area contributed by atoms with Gasteiger partial charge in [0.25, 0.3) is 0 Å². The number of anilines is 2. The summed E-state index contributed by atoms with van der Waals surface area (Å²) in [5.74, 6) is 0. The minimum Gasteiger partial charge on any atom is -0.384 e. The standard InChI is InChI=1S/C29H34N4.ClH/c1(2-10-19-30-26-18-21-31-25-15-7-4-12-22(25)26)3-11-20-32-29-23-13-5-8-16-27(23)33-28-17-9-6-14-24(28)29;/h4-5,7-8,12-13,15-16,18,21H,1-3,6,9-11,14,17,19-20H2,(H,30,31)(H,32,33);1H. The second-order valence-electron chi connectivity index (χ2n) is 9.13. The van der Waals surface area contributed by atoms with Crippen molar-refractivity contribution in [2.24, 2.45) is 0 Å². The van der Waals surface area contributed by atoms with Gasteiger partial charge in [-0.15, -0.1) is 12.4 Å². The van der Waals surface area contributed by atoms with Gasteiger partial charge in [0.2, 0.25) is 0 Å². The average Bonchev–Trinajstić information content (AvgIpc) is 2.87. The van der Waals surface area contributed by atoms with Gasteiger partial charge in [-0.2, -0.15) is 0 Å². The molecule has 5 heteroatoms. The molecule has 0 fully saturated rings. The van der Waals surface area contributed by atoms with Crippen molar-refractivity contribution in [3.8, 4) is 0 Å². The largest absolute Gasteiger partial charge is 0.384 e. The normalized spacial score (nSPS) is 12.8. The quantitative estimate of drug-likeness (QED) is 0.233. The van der Waals surface area contributed by atoms with Gasteiger partial charge in [-0.05, 0) is 62.3 Å². The number of fused-ring (bicyclic) bond motifs is 3. The first-order chi connectivity index (χ1) is 16.4. The Morgan fingerprint density at radius 2 is 1.35 bits per heavy atom. The van der Waals surface area contributed by atoms with Crippen molar-refractivity contribution < 1.29 is 0 Å². The molecule has 2 aromatic heterocycles. The summed E-state index contributed by atoms with van der Waals surface area (Å²) >= 11 is 0. The number of rotatable bonds is 10. The summed E-state index contributed by atoms with van der Waals surface area (Å²) in [7, 11) is 0. The Bertz CT molecular complexity index is 1220. The first kappa shape index (κ1) is 24.3. The molecule has 0 bridgehead atoms. The van der Waals surface area contributed by atoms with E-state index in [4.69, 9.17) is 4.98 Å². The Kier molecular flexibility index (Phi) is 8.59. The fourth-order valence-electron chi connectivity index (χ4n) is 5.04. The lowest BCUT2D eigenvalue weighted by Gasteiger charge is -2.21. The van der Waals surface area contributed by atoms with Gasteiger partial charge in [0, 0.05) is 47.1 Å². The average molecular weight is 475 g/mol. The molecular weight excluding hydrogens is 440 g/mol. The van der Waals surface area contributed by atoms with E-state index >= 15 is 0 Å². The third kappa shape index (κ3) is 5.61. The fraction of sp³-hybridized carbons (Fsp3) is 0.379. The highest BCUT2D eigenvalue weighted by molar-refractivity contribution is 5.93. The summed E-state index contributed by atoms with van der Waals surface area (Å²) in [6, 6.07) is 19.0. The third-order valence-electron chi connectivity index (χ3n) is 6.79. The molecule has 4 aromatic rings. The van der Waals surface area contributed by atoms with Crippen LogP contribution in [0.3, 0.4) is 0 Å². The first-order valence-corrected chi connectivity index (χ1v) is 12.6. The van der Waals surface area contributed by atoms with Crippen LogP contribution >= 0.6 is 12.4 Å². The van der Waals surface area contributed by atoms with Gasteiger partial charge >= 0.3 is 0 Å². The summed E-state index contributed by atoms with van der Waals surface area (Å²) in [6.07, 6.45) is 13.0. The predicted octanol–water partition coefficient (Wildman–Crippen LogP) is 7.56. The Hall–Kier alpha value is -2.85. The highest BCUT2D eigenvalue weighted by Gasteiger charge is 2.17. The molecule has 0 spiro atoms. The van der Waals surface area contributed by atoms with Gasteiger partial charge < -0.3 is 10.6 Å². The Balaban J connectivity index is 0.00000274. The predicted molar refractivity (Wildman–Crippen MR) is 147 cm³/mol. The number of nitrogens with zero attached hydrogens (tertiary/aromatic N) is 2. The zero-order valence-corrected chi connectivity index (χ0v) is 20.7. The summed E-state index contributed by atoms with van der Waals surface area (Å²) in [5.41, 5.74) is 7.52. The van der Waals surface area contributed by atoms with Gasteiger partial charge in [0.1, 0.15) is 0 Å². The SMILES string of the molecule is Cl.c1ccc2c(NCCCCCCCNc3c4c(nc5ccccc35)CCCC4)ccnc2c1. The number of benzene rings is 2. The third-order valence-corrected chi connectivity index (χ3v) is 6.79. The van der Waals surface area contributed by atoms with Crippen molar-refractivity contribution in [1.82, 2.24) is 9.97 Å². The molecule has 178 valence electrons. The molecule has 0 unspecified atom stereocenters. The van der Waals surface area contributed by atoms with Crippen LogP contribution in [0.2, 0.25) is 0 Å². The van der Waals surface area contributed by atoms with Crippen LogP contribution in [-0.4, -0.2) is 23.1 Å². The number of pyridine rings is 2. The molecule has 0 radical (unpaired) electrons. The first-order valence-electron chi connectivity index (χ1n) is 12.6. The molecule has 5 rings (SSSR count). The monoisotopic (exact) mass is 474 g/mol. The Morgan fingerprint density at radius 1 is 0.676 bits per heavy atom. The molecule has 0 atom stereocenters. The lowest BCUT2D eigenvalue weighted by molar-refractivity contribution is 0.634. The highest BCUT2D eigenvalue weighted by Crippen LogP contribution is 2.33. The van der Waals surface area contributed by atoms with E-state index in [2.05, 4.69) is 64.1 Å². The van der Waals surface area contributed by atoms with Gasteiger partial charge in [-0.3, -0.25) is 9.97 Å². The van der Waals surface area contributed by atoms with E-state index in [1.807, 2.05) is 12.3 Å². The molecule has 0 amide bonds. The fourth-order valence-corrected chi connectivity index (χ4v) is 5.04. The number of para-hydroxylation sites is 2. The minimum atomic E-state index is 0. The van der Waals surface area contributed by atoms with E-state index in [1.165, 1.54) is 78.4 Å². The van der Waals surface area contributed by atoms with Crippen molar-refractivity contribution in [2.75, 3.05) is 23.7 Å². The lowest BCUT2D eigenvalue weighted by atomic mass is 9.92. The van der Waals surface area contributed by atoms with E-state index < -0.39 is 0 Å². The molecular formula is C29H35ClN4. The van der Waals surface area contributed by atoms with Gasteiger partial charge in [0.05, 0.1) is 11.0 Å². The second kappa shape index (κ2) is 12.0. The number of halogens is 1. The summed E-state index contributed by atoms with van der Waals surface area (Å²) < 4.78 is 0. The summed E-state index contributed by atoms with van der Waals surface area (Å²) in [4.78, 5) is 9.39. The number of aryl methyl sites for hydroxylation is 1. The highest BCUT2D eigenvalue weighted by atomic mass is 35.5. The van der Waals surface area contributed by atoms with Crippen molar-refractivity contribution in [3.05, 3.63) is 72.1 Å². The van der Waals surface area contributed by atoms with Crippen LogP contribution in [0.15, 0.2) is 60.8 Å². The minimum absolute atomic E-state index is 0. The van der Waals surface area contributed by atoms with Crippen molar-refractivity contribution in [1.29, 1.82) is 0 Å². The van der Waals surface area contributed by atoms with Gasteiger partial charge in [-0.1, -0.05) is 55.7 Å². The molecule has 34 heavy (non-hydrogen) atoms. The maximum atomic E-state index is 4.95. The second-order valence-corrected chi connectivity index (χ2v) is 9.13. The number of aromatic nitrogens is 2. The van der Waals surface area contributed by atoms with Crippen LogP contribution in [0, 0.1) is 0 Å². The van der Waals surface area contributed by atoms with Crippen LogP contribution < -0.4 is 10.6 Å². The van der Waals surface area contributed by atoms with Crippen molar-refractivity contribution in [3.63, 3.8) is 0 Å². The maximum Gasteiger partial charge on any atom is 0.0726 e. The summed E-state index contributed by atoms with van der Waals surface area (Å²) in [5, 5.41) is 9.89. The molecule has 0 saturated heterocycles. The molecule has 2 N–H and O–H groups in total. The topological polar surface area (TPSA) is 49.8 Å². The van der Waals surface area contributed by atoms with E-state index in [0.29, 0.717) is 0 Å². The smallest absolute Gasteiger partial charge is 0.0726 e. The van der Waals surface area contributed by atoms with Crippen molar-refractivity contribution >= 4 is 45.6 Å². The van der Waals surface area contributed by atoms with Crippen LogP contribution in [-0.2, 0) is 12.8 Å².